The fraction of sp³-hybridized carbons (Fsp3) is 0.231. The molecule has 0 spiro atoms. The van der Waals surface area contributed by atoms with Crippen LogP contribution in [-0.4, -0.2) is 33.8 Å². The average molecular weight is 296 g/mol. The molecule has 1 unspecified atom stereocenters. The van der Waals surface area contributed by atoms with Gasteiger partial charge in [-0.25, -0.2) is 0 Å². The van der Waals surface area contributed by atoms with E-state index in [1.54, 1.807) is 25.1 Å². The van der Waals surface area contributed by atoms with Crippen LogP contribution in [0.1, 0.15) is 12.5 Å². The van der Waals surface area contributed by atoms with E-state index in [1.165, 1.54) is 12.1 Å². The van der Waals surface area contributed by atoms with E-state index in [4.69, 9.17) is 0 Å². The zero-order valence-electron chi connectivity index (χ0n) is 10.8. The molecule has 1 rings (SSSR count). The van der Waals surface area contributed by atoms with Crippen LogP contribution in [0.4, 0.5) is 0 Å². The topological polar surface area (TPSA) is 95.5 Å². The molecule has 6 nitrogen and oxygen atoms in total. The van der Waals surface area contributed by atoms with Crippen LogP contribution in [0.25, 0.3) is 6.08 Å². The summed E-state index contributed by atoms with van der Waals surface area (Å²) in [7, 11) is 0. The van der Waals surface area contributed by atoms with Gasteiger partial charge in [-0.3, -0.25) is 13.8 Å². The van der Waals surface area contributed by atoms with Gasteiger partial charge in [-0.15, -0.1) is 0 Å². The second-order valence-corrected chi connectivity index (χ2v) is 4.54. The van der Waals surface area contributed by atoms with E-state index in [9.17, 15) is 18.4 Å². The number of esters is 1. The average Bonchev–Trinajstić information content (AvgIpc) is 2.43. The van der Waals surface area contributed by atoms with E-state index >= 15 is 0 Å². The van der Waals surface area contributed by atoms with E-state index in [0.717, 1.165) is 6.08 Å². The Bertz CT molecular complexity index is 541. The Kier molecular flexibility index (Phi) is 6.61. The fourth-order valence-corrected chi connectivity index (χ4v) is 1.88. The van der Waals surface area contributed by atoms with Crippen molar-refractivity contribution in [1.29, 1.82) is 0 Å². The summed E-state index contributed by atoms with van der Waals surface area (Å²) in [6.45, 7) is 1.68. The van der Waals surface area contributed by atoms with Gasteiger partial charge in [-0.2, -0.15) is 0 Å². The number of rotatable bonds is 6. The summed E-state index contributed by atoms with van der Waals surface area (Å²) in [5.41, 5.74) is 0.395. The number of hydrogen-bond donors (Lipinski definition) is 1. The van der Waals surface area contributed by atoms with Gasteiger partial charge >= 0.3 is 5.97 Å². The van der Waals surface area contributed by atoms with Gasteiger partial charge in [0.15, 0.2) is 0 Å². The molecular formula is C13H14NO5S-. The molecule has 0 aliphatic heterocycles. The van der Waals surface area contributed by atoms with Crippen LogP contribution in [0.5, 0.6) is 0 Å². The number of hydrogen-bond acceptors (Lipinski definition) is 5. The predicted octanol–water partition coefficient (Wildman–Crippen LogP) is 0.617. The monoisotopic (exact) mass is 296 g/mol. The number of ether oxygens (including phenoxy) is 1. The lowest BCUT2D eigenvalue weighted by Gasteiger charge is -2.08. The van der Waals surface area contributed by atoms with Crippen LogP contribution in [0.2, 0.25) is 0 Å². The second kappa shape index (κ2) is 8.23. The molecule has 1 aromatic carbocycles. The zero-order chi connectivity index (χ0) is 15.0. The highest BCUT2D eigenvalue weighted by Crippen LogP contribution is 2.13. The molecule has 0 radical (unpaired) electrons. The largest absolute Gasteiger partial charge is 0.768 e. The van der Waals surface area contributed by atoms with Crippen molar-refractivity contribution in [3.05, 3.63) is 35.9 Å². The van der Waals surface area contributed by atoms with Crippen molar-refractivity contribution in [3.63, 3.8) is 0 Å². The summed E-state index contributed by atoms with van der Waals surface area (Å²) in [5.74, 6) is -1.04. The summed E-state index contributed by atoms with van der Waals surface area (Å²) in [4.78, 5) is 22.6. The van der Waals surface area contributed by atoms with Crippen molar-refractivity contribution in [2.75, 3.05) is 13.2 Å². The lowest BCUT2D eigenvalue weighted by atomic mass is 10.2. The molecule has 1 amide bonds. The minimum Gasteiger partial charge on any atom is -0.768 e. The molecule has 0 bridgehead atoms. The first-order valence-corrected chi connectivity index (χ1v) is 6.92. The van der Waals surface area contributed by atoms with Crippen LogP contribution < -0.4 is 5.32 Å². The quantitative estimate of drug-likeness (QED) is 0.471. The van der Waals surface area contributed by atoms with Crippen molar-refractivity contribution >= 4 is 29.0 Å². The molecule has 0 aromatic heterocycles. The van der Waals surface area contributed by atoms with Crippen LogP contribution in [0.15, 0.2) is 35.2 Å². The maximum absolute atomic E-state index is 11.4. The maximum Gasteiger partial charge on any atom is 0.325 e. The molecule has 0 aliphatic rings. The number of benzene rings is 1. The SMILES string of the molecule is CCOC(=O)CNC(=O)/C=C/c1ccccc1S(=O)[O-]. The van der Waals surface area contributed by atoms with E-state index in [-0.39, 0.29) is 18.0 Å². The molecule has 0 heterocycles. The van der Waals surface area contributed by atoms with Gasteiger partial charge in [0, 0.05) is 11.0 Å². The summed E-state index contributed by atoms with van der Waals surface area (Å²) in [6.07, 6.45) is 2.52. The Hall–Kier alpha value is -1.99. The predicted molar refractivity (Wildman–Crippen MR) is 72.3 cm³/mol. The summed E-state index contributed by atoms with van der Waals surface area (Å²) < 4.78 is 26.6. The molecule has 0 fully saturated rings. The number of carbonyl (C=O) groups is 2. The minimum atomic E-state index is -2.38. The molecule has 0 saturated carbocycles. The highest BCUT2D eigenvalue weighted by atomic mass is 32.2. The van der Waals surface area contributed by atoms with Gasteiger partial charge in [0.25, 0.3) is 0 Å². The Morgan fingerprint density at radius 1 is 1.40 bits per heavy atom. The minimum absolute atomic E-state index is 0.0990. The van der Waals surface area contributed by atoms with Crippen LogP contribution >= 0.6 is 0 Å². The van der Waals surface area contributed by atoms with Gasteiger partial charge in [0.05, 0.1) is 6.61 Å². The third-order valence-corrected chi connectivity index (χ3v) is 2.96. The molecule has 1 N–H and O–H groups in total. The van der Waals surface area contributed by atoms with Gasteiger partial charge in [-0.1, -0.05) is 18.2 Å². The Morgan fingerprint density at radius 2 is 2.10 bits per heavy atom. The Labute approximate surface area is 119 Å². The standard InChI is InChI=1S/C13H15NO5S/c1-2-19-13(16)9-14-12(15)8-7-10-5-3-4-6-11(10)20(17)18/h3-8H,2,9H2,1H3,(H,14,15)(H,17,18)/p-1/b8-7+. The number of carbonyl (C=O) groups excluding carboxylic acids is 2. The van der Waals surface area contributed by atoms with E-state index in [1.807, 2.05) is 0 Å². The summed E-state index contributed by atoms with van der Waals surface area (Å²) >= 11 is -2.38. The molecule has 0 aliphatic carbocycles. The van der Waals surface area contributed by atoms with Crippen molar-refractivity contribution in [2.45, 2.75) is 11.8 Å². The smallest absolute Gasteiger partial charge is 0.325 e. The van der Waals surface area contributed by atoms with E-state index < -0.39 is 23.0 Å². The molecule has 0 saturated heterocycles. The fourth-order valence-electron chi connectivity index (χ4n) is 1.37. The van der Waals surface area contributed by atoms with E-state index in [0.29, 0.717) is 5.56 Å². The molecule has 7 heteroatoms. The van der Waals surface area contributed by atoms with Crippen molar-refractivity contribution in [1.82, 2.24) is 5.32 Å². The molecule has 20 heavy (non-hydrogen) atoms. The molecule has 108 valence electrons. The van der Waals surface area contributed by atoms with Gasteiger partial charge in [0.1, 0.15) is 6.54 Å². The Morgan fingerprint density at radius 3 is 2.75 bits per heavy atom. The lowest BCUT2D eigenvalue weighted by molar-refractivity contribution is -0.143. The van der Waals surface area contributed by atoms with Crippen molar-refractivity contribution < 1.29 is 23.1 Å². The normalized spacial score (nSPS) is 12.1. The van der Waals surface area contributed by atoms with E-state index in [2.05, 4.69) is 10.1 Å². The molecule has 1 aromatic rings. The summed E-state index contributed by atoms with van der Waals surface area (Å²) in [5, 5.41) is 2.33. The number of nitrogens with one attached hydrogen (secondary N) is 1. The van der Waals surface area contributed by atoms with Gasteiger partial charge < -0.3 is 14.6 Å². The van der Waals surface area contributed by atoms with Gasteiger partial charge in [0.2, 0.25) is 5.91 Å². The number of amides is 1. The molecular weight excluding hydrogens is 282 g/mol. The first-order valence-electron chi connectivity index (χ1n) is 5.84. The first-order chi connectivity index (χ1) is 9.54. The summed E-state index contributed by atoms with van der Waals surface area (Å²) in [6, 6.07) is 6.25. The highest BCUT2D eigenvalue weighted by Gasteiger charge is 2.03. The second-order valence-electron chi connectivity index (χ2n) is 3.63. The van der Waals surface area contributed by atoms with Crippen molar-refractivity contribution in [3.8, 4) is 0 Å². The Balaban J connectivity index is 2.62. The highest BCUT2D eigenvalue weighted by molar-refractivity contribution is 7.79. The van der Waals surface area contributed by atoms with Gasteiger partial charge in [-0.05, 0) is 35.7 Å². The van der Waals surface area contributed by atoms with Crippen molar-refractivity contribution in [2.24, 2.45) is 0 Å². The third-order valence-electron chi connectivity index (χ3n) is 2.23. The first kappa shape index (κ1) is 16.1. The molecule has 1 atom stereocenters. The lowest BCUT2D eigenvalue weighted by Crippen LogP contribution is -2.29. The van der Waals surface area contributed by atoms with Crippen LogP contribution in [0, 0.1) is 0 Å². The maximum atomic E-state index is 11.4. The zero-order valence-corrected chi connectivity index (χ0v) is 11.6. The van der Waals surface area contributed by atoms with Crippen LogP contribution in [0.3, 0.4) is 0 Å². The van der Waals surface area contributed by atoms with Crippen LogP contribution in [-0.2, 0) is 25.4 Å². The third kappa shape index (κ3) is 5.33.